The maximum absolute atomic E-state index is 3.11. The maximum Gasteiger partial charge on any atom is 0.0449 e. The van der Waals surface area contributed by atoms with E-state index in [1.54, 1.807) is 11.3 Å². The minimum atomic E-state index is 1.28. The number of aryl methyl sites for hydroxylation is 2. The Balaban J connectivity index is 2.53. The van der Waals surface area contributed by atoms with Crippen LogP contribution >= 0.6 is 11.3 Å². The second-order valence-electron chi connectivity index (χ2n) is 3.27. The van der Waals surface area contributed by atoms with E-state index >= 15 is 0 Å². The van der Waals surface area contributed by atoms with E-state index in [2.05, 4.69) is 42.8 Å². The van der Waals surface area contributed by atoms with E-state index in [9.17, 15) is 0 Å². The lowest BCUT2D eigenvalue weighted by Gasteiger charge is -2.03. The van der Waals surface area contributed by atoms with E-state index in [4.69, 9.17) is 0 Å². The molecule has 0 aliphatic heterocycles. The normalized spacial score (nSPS) is 10.3. The first-order valence-corrected chi connectivity index (χ1v) is 5.17. The maximum atomic E-state index is 3.11. The number of hydrogen-bond donors (Lipinski definition) is 0. The predicted octanol–water partition coefficient (Wildman–Crippen LogP) is 3.83. The zero-order valence-electron chi connectivity index (χ0n) is 7.79. The summed E-state index contributed by atoms with van der Waals surface area (Å²) in [6.45, 7) is 4.27. The van der Waals surface area contributed by atoms with Crippen LogP contribution in [0.1, 0.15) is 11.1 Å². The highest BCUT2D eigenvalue weighted by atomic mass is 32.1. The molecule has 0 nitrogen and oxygen atoms in total. The Hall–Kier alpha value is -1.08. The highest BCUT2D eigenvalue weighted by molar-refractivity contribution is 7.07. The lowest BCUT2D eigenvalue weighted by atomic mass is 10.0. The van der Waals surface area contributed by atoms with E-state index in [0.717, 1.165) is 0 Å². The molecule has 0 aliphatic carbocycles. The SMILES string of the molecule is Cc1ccc(-c2c[c]sc2)c(C)c1. The molecule has 13 heavy (non-hydrogen) atoms. The van der Waals surface area contributed by atoms with Crippen molar-refractivity contribution in [1.82, 2.24) is 0 Å². The van der Waals surface area contributed by atoms with Gasteiger partial charge in [-0.2, -0.15) is 0 Å². The molecule has 65 valence electrons. The first-order valence-electron chi connectivity index (χ1n) is 4.29. The fourth-order valence-electron chi connectivity index (χ4n) is 1.51. The minimum absolute atomic E-state index is 1.28. The van der Waals surface area contributed by atoms with Gasteiger partial charge in [-0.3, -0.25) is 0 Å². The van der Waals surface area contributed by atoms with E-state index in [1.807, 2.05) is 6.07 Å². The Labute approximate surface area is 82.9 Å². The monoisotopic (exact) mass is 187 g/mol. The molecule has 2 aromatic rings. The van der Waals surface area contributed by atoms with Crippen LogP contribution in [-0.4, -0.2) is 0 Å². The Morgan fingerprint density at radius 2 is 2.08 bits per heavy atom. The van der Waals surface area contributed by atoms with E-state index in [-0.39, 0.29) is 0 Å². The molecule has 1 aromatic heterocycles. The van der Waals surface area contributed by atoms with Crippen molar-refractivity contribution in [2.75, 3.05) is 0 Å². The van der Waals surface area contributed by atoms with Gasteiger partial charge in [-0.25, -0.2) is 0 Å². The quantitative estimate of drug-likeness (QED) is 0.636. The largest absolute Gasteiger partial charge is 0.142 e. The predicted molar refractivity (Wildman–Crippen MR) is 58.1 cm³/mol. The van der Waals surface area contributed by atoms with Gasteiger partial charge in [0.25, 0.3) is 0 Å². The third-order valence-electron chi connectivity index (χ3n) is 2.16. The smallest absolute Gasteiger partial charge is 0.0449 e. The van der Waals surface area contributed by atoms with Crippen molar-refractivity contribution in [1.29, 1.82) is 0 Å². The molecule has 1 aromatic carbocycles. The van der Waals surface area contributed by atoms with Gasteiger partial charge in [0.2, 0.25) is 0 Å². The van der Waals surface area contributed by atoms with Gasteiger partial charge in [0.15, 0.2) is 0 Å². The Morgan fingerprint density at radius 1 is 1.23 bits per heavy atom. The van der Waals surface area contributed by atoms with E-state index in [1.165, 1.54) is 22.3 Å². The van der Waals surface area contributed by atoms with Crippen LogP contribution in [0.3, 0.4) is 0 Å². The summed E-state index contributed by atoms with van der Waals surface area (Å²) in [6.07, 6.45) is 0. The van der Waals surface area contributed by atoms with E-state index < -0.39 is 0 Å². The molecule has 0 atom stereocenters. The van der Waals surface area contributed by atoms with Crippen LogP contribution in [0.4, 0.5) is 0 Å². The van der Waals surface area contributed by atoms with Crippen LogP contribution in [0.5, 0.6) is 0 Å². The summed E-state index contributed by atoms with van der Waals surface area (Å²) in [5.41, 5.74) is 5.26. The first-order chi connectivity index (χ1) is 6.27. The van der Waals surface area contributed by atoms with Gasteiger partial charge in [0.1, 0.15) is 0 Å². The summed E-state index contributed by atoms with van der Waals surface area (Å²) in [5, 5.41) is 5.25. The summed E-state index contributed by atoms with van der Waals surface area (Å²) in [5.74, 6) is 0. The fourth-order valence-corrected chi connectivity index (χ4v) is 2.09. The Morgan fingerprint density at radius 3 is 2.69 bits per heavy atom. The first kappa shape index (κ1) is 8.52. The standard InChI is InChI=1S/C12H11S/c1-9-3-4-12(10(2)7-9)11-5-6-13-8-11/h3-5,7-8H,1-2H3. The second-order valence-corrected chi connectivity index (χ2v) is 3.98. The number of benzene rings is 1. The third kappa shape index (κ3) is 1.65. The lowest BCUT2D eigenvalue weighted by molar-refractivity contribution is 1.39. The molecule has 0 unspecified atom stereocenters. The van der Waals surface area contributed by atoms with Gasteiger partial charge in [-0.15, -0.1) is 11.3 Å². The van der Waals surface area contributed by atoms with Crippen molar-refractivity contribution < 1.29 is 0 Å². The van der Waals surface area contributed by atoms with Gasteiger partial charge in [-0.05, 0) is 42.0 Å². The summed E-state index contributed by atoms with van der Waals surface area (Å²) in [7, 11) is 0. The van der Waals surface area contributed by atoms with Crippen molar-refractivity contribution in [3.63, 3.8) is 0 Å². The van der Waals surface area contributed by atoms with Crippen molar-refractivity contribution in [3.8, 4) is 11.1 Å². The molecule has 0 saturated heterocycles. The third-order valence-corrected chi connectivity index (χ3v) is 2.79. The van der Waals surface area contributed by atoms with Crippen molar-refractivity contribution in [2.24, 2.45) is 0 Å². The van der Waals surface area contributed by atoms with Crippen LogP contribution < -0.4 is 0 Å². The van der Waals surface area contributed by atoms with Gasteiger partial charge < -0.3 is 0 Å². The summed E-state index contributed by atoms with van der Waals surface area (Å²) in [6, 6.07) is 8.59. The number of rotatable bonds is 1. The van der Waals surface area contributed by atoms with Crippen molar-refractivity contribution >= 4 is 11.3 Å². The molecular formula is C12H11S. The molecule has 0 saturated carbocycles. The lowest BCUT2D eigenvalue weighted by Crippen LogP contribution is -1.81. The van der Waals surface area contributed by atoms with Crippen LogP contribution in [-0.2, 0) is 0 Å². The van der Waals surface area contributed by atoms with Crippen LogP contribution in [0, 0.1) is 19.2 Å². The summed E-state index contributed by atoms with van der Waals surface area (Å²) >= 11 is 1.62. The van der Waals surface area contributed by atoms with Crippen molar-refractivity contribution in [3.05, 3.63) is 46.2 Å². The highest BCUT2D eigenvalue weighted by Crippen LogP contribution is 2.25. The minimum Gasteiger partial charge on any atom is -0.142 e. The van der Waals surface area contributed by atoms with Crippen LogP contribution in [0.15, 0.2) is 29.6 Å². The molecule has 0 N–H and O–H groups in total. The molecule has 2 rings (SSSR count). The Bertz CT molecular complexity index is 399. The molecule has 0 fully saturated rings. The molecular weight excluding hydrogens is 176 g/mol. The molecule has 0 bridgehead atoms. The molecule has 0 amide bonds. The van der Waals surface area contributed by atoms with Gasteiger partial charge >= 0.3 is 0 Å². The number of hydrogen-bond acceptors (Lipinski definition) is 1. The Kier molecular flexibility index (Phi) is 2.19. The van der Waals surface area contributed by atoms with Gasteiger partial charge in [0.05, 0.1) is 0 Å². The van der Waals surface area contributed by atoms with E-state index in [0.29, 0.717) is 0 Å². The average molecular weight is 187 g/mol. The molecule has 1 heterocycles. The zero-order valence-corrected chi connectivity index (χ0v) is 8.61. The average Bonchev–Trinajstić information content (AvgIpc) is 2.56. The second kappa shape index (κ2) is 3.35. The molecule has 0 aliphatic rings. The van der Waals surface area contributed by atoms with Gasteiger partial charge in [-0.1, -0.05) is 23.8 Å². The molecule has 1 radical (unpaired) electrons. The van der Waals surface area contributed by atoms with Gasteiger partial charge in [0, 0.05) is 5.38 Å². The zero-order chi connectivity index (χ0) is 9.26. The topological polar surface area (TPSA) is 0 Å². The van der Waals surface area contributed by atoms with Crippen LogP contribution in [0.2, 0.25) is 0 Å². The summed E-state index contributed by atoms with van der Waals surface area (Å²) in [4.78, 5) is 0. The van der Waals surface area contributed by atoms with Crippen LogP contribution in [0.25, 0.3) is 11.1 Å². The molecule has 0 spiro atoms. The molecule has 1 heteroatoms. The summed E-state index contributed by atoms with van der Waals surface area (Å²) < 4.78 is 0. The fraction of sp³-hybridized carbons (Fsp3) is 0.167. The number of thiophene rings is 1. The highest BCUT2D eigenvalue weighted by Gasteiger charge is 2.01. The van der Waals surface area contributed by atoms with Crippen molar-refractivity contribution in [2.45, 2.75) is 13.8 Å².